The highest BCUT2D eigenvalue weighted by Crippen LogP contribution is 2.23. The van der Waals surface area contributed by atoms with Crippen molar-refractivity contribution in [2.24, 2.45) is 5.92 Å². The normalized spacial score (nSPS) is 13.7. The molecule has 0 bridgehead atoms. The van der Waals surface area contributed by atoms with Gasteiger partial charge in [0.15, 0.2) is 0 Å². The molecule has 0 aliphatic carbocycles. The second-order valence-corrected chi connectivity index (χ2v) is 9.12. The molecular weight excluding hydrogens is 449 g/mol. The van der Waals surface area contributed by atoms with E-state index in [4.69, 9.17) is 0 Å². The molecule has 3 rings (SSSR count). The molecule has 1 heterocycles. The lowest BCUT2D eigenvalue weighted by Crippen LogP contribution is -2.49. The topological polar surface area (TPSA) is 86.8 Å². The molecule has 186 valence electrons. The summed E-state index contributed by atoms with van der Waals surface area (Å²) < 4.78 is 13.4. The van der Waals surface area contributed by atoms with Crippen LogP contribution in [0.2, 0.25) is 0 Å². The van der Waals surface area contributed by atoms with Crippen LogP contribution in [0.5, 0.6) is 0 Å². The Labute approximate surface area is 205 Å². The van der Waals surface area contributed by atoms with Crippen molar-refractivity contribution in [3.8, 4) is 0 Å². The number of carbonyl (C=O) groups is 4. The van der Waals surface area contributed by atoms with Gasteiger partial charge in [0.25, 0.3) is 11.8 Å². The first kappa shape index (κ1) is 26.1. The largest absolute Gasteiger partial charge is 0.354 e. The molecule has 7 nitrogen and oxygen atoms in total. The lowest BCUT2D eigenvalue weighted by molar-refractivity contribution is -0.141. The van der Waals surface area contributed by atoms with Crippen LogP contribution in [0.15, 0.2) is 48.5 Å². The minimum Gasteiger partial charge on any atom is -0.354 e. The van der Waals surface area contributed by atoms with Crippen LogP contribution in [0, 0.1) is 11.7 Å². The number of hydrogen-bond donors (Lipinski definition) is 1. The van der Waals surface area contributed by atoms with Crippen LogP contribution in [0.25, 0.3) is 0 Å². The van der Waals surface area contributed by atoms with E-state index in [1.165, 1.54) is 17.0 Å². The highest BCUT2D eigenvalue weighted by atomic mass is 19.1. The Balaban J connectivity index is 1.69. The first-order valence-electron chi connectivity index (χ1n) is 12.0. The second kappa shape index (κ2) is 11.7. The van der Waals surface area contributed by atoms with E-state index in [-0.39, 0.29) is 61.3 Å². The van der Waals surface area contributed by atoms with Gasteiger partial charge in [0, 0.05) is 26.1 Å². The molecule has 0 saturated carbocycles. The highest BCUT2D eigenvalue weighted by Gasteiger charge is 2.35. The molecule has 0 spiro atoms. The van der Waals surface area contributed by atoms with Crippen molar-refractivity contribution < 1.29 is 23.6 Å². The molecule has 1 N–H and O–H groups in total. The third-order valence-corrected chi connectivity index (χ3v) is 5.99. The second-order valence-electron chi connectivity index (χ2n) is 9.12. The van der Waals surface area contributed by atoms with E-state index in [2.05, 4.69) is 5.32 Å². The lowest BCUT2D eigenvalue weighted by atomic mass is 10.1. The predicted octanol–water partition coefficient (Wildman–Crippen LogP) is 3.78. The maximum absolute atomic E-state index is 13.4. The summed E-state index contributed by atoms with van der Waals surface area (Å²) in [5.41, 5.74) is 1.44. The summed E-state index contributed by atoms with van der Waals surface area (Å²) in [6, 6.07) is 11.8. The first-order valence-corrected chi connectivity index (χ1v) is 12.0. The smallest absolute Gasteiger partial charge is 0.261 e. The molecule has 0 saturated heterocycles. The maximum Gasteiger partial charge on any atom is 0.261 e. The van der Waals surface area contributed by atoms with Gasteiger partial charge in [-0.25, -0.2) is 4.39 Å². The van der Waals surface area contributed by atoms with Gasteiger partial charge in [-0.3, -0.25) is 24.1 Å². The number of fused-ring (bicyclic) bond motifs is 1. The maximum atomic E-state index is 13.4. The molecule has 2 aromatic rings. The van der Waals surface area contributed by atoms with Crippen molar-refractivity contribution >= 4 is 23.6 Å². The van der Waals surface area contributed by atoms with Crippen molar-refractivity contribution in [2.45, 2.75) is 52.6 Å². The van der Waals surface area contributed by atoms with Crippen LogP contribution in [-0.4, -0.2) is 52.6 Å². The van der Waals surface area contributed by atoms with Crippen molar-refractivity contribution in [2.75, 3.05) is 13.1 Å². The quantitative estimate of drug-likeness (QED) is 0.495. The van der Waals surface area contributed by atoms with E-state index in [9.17, 15) is 23.6 Å². The lowest BCUT2D eigenvalue weighted by Gasteiger charge is -2.31. The molecule has 8 heteroatoms. The summed E-state index contributed by atoms with van der Waals surface area (Å²) in [5, 5.41) is 2.90. The van der Waals surface area contributed by atoms with E-state index in [1.807, 2.05) is 20.8 Å². The van der Waals surface area contributed by atoms with Gasteiger partial charge in [0.1, 0.15) is 11.9 Å². The first-order chi connectivity index (χ1) is 16.7. The molecule has 0 radical (unpaired) electrons. The average Bonchev–Trinajstić information content (AvgIpc) is 3.08. The van der Waals surface area contributed by atoms with E-state index in [0.717, 1.165) is 4.90 Å². The molecule has 1 aliphatic rings. The summed E-state index contributed by atoms with van der Waals surface area (Å²) in [6.45, 7) is 6.57. The Hall–Kier alpha value is -3.55. The summed E-state index contributed by atoms with van der Waals surface area (Å²) in [5.74, 6) is -1.34. The minimum atomic E-state index is -0.689. The molecule has 4 amide bonds. The van der Waals surface area contributed by atoms with Gasteiger partial charge in [-0.1, -0.05) is 45.0 Å². The fourth-order valence-electron chi connectivity index (χ4n) is 4.10. The zero-order valence-corrected chi connectivity index (χ0v) is 20.4. The molecule has 0 unspecified atom stereocenters. The van der Waals surface area contributed by atoms with Crippen molar-refractivity contribution in [1.29, 1.82) is 0 Å². The third kappa shape index (κ3) is 6.32. The van der Waals surface area contributed by atoms with Crippen LogP contribution >= 0.6 is 0 Å². The molecule has 0 aromatic heterocycles. The summed E-state index contributed by atoms with van der Waals surface area (Å²) in [4.78, 5) is 54.0. The number of nitrogens with one attached hydrogen (secondary N) is 1. The summed E-state index contributed by atoms with van der Waals surface area (Å²) in [7, 11) is 0. The Morgan fingerprint density at radius 3 is 2.14 bits per heavy atom. The predicted molar refractivity (Wildman–Crippen MR) is 130 cm³/mol. The Kier molecular flexibility index (Phi) is 8.73. The van der Waals surface area contributed by atoms with E-state index in [0.29, 0.717) is 29.7 Å². The number of halogens is 1. The monoisotopic (exact) mass is 481 g/mol. The fraction of sp³-hybridized carbons (Fsp3) is 0.407. The van der Waals surface area contributed by atoms with Gasteiger partial charge >= 0.3 is 0 Å². The Morgan fingerprint density at radius 1 is 1.00 bits per heavy atom. The zero-order valence-electron chi connectivity index (χ0n) is 20.4. The highest BCUT2D eigenvalue weighted by molar-refractivity contribution is 6.21. The fourth-order valence-corrected chi connectivity index (χ4v) is 4.10. The number of imide groups is 1. The number of nitrogens with zero attached hydrogens (tertiary/aromatic N) is 2. The zero-order chi connectivity index (χ0) is 25.5. The molecule has 1 aliphatic heterocycles. The van der Waals surface area contributed by atoms with Crippen LogP contribution in [0.3, 0.4) is 0 Å². The van der Waals surface area contributed by atoms with Crippen molar-refractivity contribution in [3.05, 3.63) is 71.0 Å². The Bertz CT molecular complexity index is 1050. The number of amides is 4. The van der Waals surface area contributed by atoms with Gasteiger partial charge in [0.05, 0.1) is 11.1 Å². The van der Waals surface area contributed by atoms with Gasteiger partial charge in [-0.15, -0.1) is 0 Å². The molecule has 35 heavy (non-hydrogen) atoms. The van der Waals surface area contributed by atoms with Gasteiger partial charge in [-0.2, -0.15) is 0 Å². The molecule has 2 aromatic carbocycles. The number of carbonyl (C=O) groups excluding carboxylic acids is 4. The van der Waals surface area contributed by atoms with E-state index >= 15 is 0 Å². The van der Waals surface area contributed by atoms with Crippen molar-refractivity contribution in [3.63, 3.8) is 0 Å². The van der Waals surface area contributed by atoms with Crippen LogP contribution < -0.4 is 5.32 Å². The summed E-state index contributed by atoms with van der Waals surface area (Å²) >= 11 is 0. The van der Waals surface area contributed by atoms with Crippen LogP contribution in [0.4, 0.5) is 4.39 Å². The number of hydrogen-bond acceptors (Lipinski definition) is 4. The molecule has 0 fully saturated rings. The average molecular weight is 482 g/mol. The van der Waals surface area contributed by atoms with Crippen LogP contribution in [-0.2, 0) is 16.1 Å². The van der Waals surface area contributed by atoms with Gasteiger partial charge in [-0.05, 0) is 48.6 Å². The molecular formula is C27H32FN3O4. The van der Waals surface area contributed by atoms with E-state index < -0.39 is 6.04 Å². The SMILES string of the molecule is CC[C@@H](C(=O)NCC(C)C)N(Cc1ccc(F)cc1)C(=O)CCCN1C(=O)c2ccccc2C1=O. The van der Waals surface area contributed by atoms with Gasteiger partial charge < -0.3 is 10.2 Å². The van der Waals surface area contributed by atoms with Gasteiger partial charge in [0.2, 0.25) is 11.8 Å². The minimum absolute atomic E-state index is 0.0581. The summed E-state index contributed by atoms with van der Waals surface area (Å²) in [6.07, 6.45) is 0.742. The standard InChI is InChI=1S/C27H32FN3O4/c1-4-23(25(33)29-16-18(2)3)31(17-19-11-13-20(28)14-12-19)24(32)10-7-15-30-26(34)21-8-5-6-9-22(21)27(30)35/h5-6,8-9,11-14,18,23H,4,7,10,15-17H2,1-3H3,(H,29,33)/t23-/m0/s1. The number of benzene rings is 2. The third-order valence-electron chi connectivity index (χ3n) is 5.99. The number of rotatable bonds is 11. The molecule has 1 atom stereocenters. The van der Waals surface area contributed by atoms with E-state index in [1.54, 1.807) is 36.4 Å². The van der Waals surface area contributed by atoms with Crippen molar-refractivity contribution in [1.82, 2.24) is 15.1 Å². The van der Waals surface area contributed by atoms with Crippen LogP contribution in [0.1, 0.15) is 66.3 Å². The Morgan fingerprint density at radius 2 is 1.60 bits per heavy atom.